The summed E-state index contributed by atoms with van der Waals surface area (Å²) in [6.45, 7) is 3.09. The van der Waals surface area contributed by atoms with Crippen molar-refractivity contribution in [2.75, 3.05) is 6.54 Å². The van der Waals surface area contributed by atoms with Crippen LogP contribution in [0.4, 0.5) is 0 Å². The van der Waals surface area contributed by atoms with Crippen LogP contribution >= 0.6 is 22.9 Å². The van der Waals surface area contributed by atoms with Crippen molar-refractivity contribution in [2.45, 2.75) is 32.2 Å². The van der Waals surface area contributed by atoms with Gasteiger partial charge in [-0.05, 0) is 25.8 Å². The Hall–Kier alpha value is -1.04. The Morgan fingerprint density at radius 1 is 1.42 bits per heavy atom. The third kappa shape index (κ3) is 2.63. The number of aryl methyl sites for hydroxylation is 1. The Balaban J connectivity index is 1.95. The number of rotatable bonds is 3. The highest BCUT2D eigenvalue weighted by molar-refractivity contribution is 7.18. The molecule has 100 valence electrons. The lowest BCUT2D eigenvalue weighted by Gasteiger charge is -2.25. The quantitative estimate of drug-likeness (QED) is 0.944. The molecule has 4 nitrogen and oxygen atoms in total. The Labute approximate surface area is 121 Å². The largest absolute Gasteiger partial charge is 0.310 e. The molecule has 3 rings (SSSR count). The molecule has 0 aromatic carbocycles. The topological polar surface area (TPSA) is 50.7 Å². The van der Waals surface area contributed by atoms with Crippen LogP contribution in [-0.4, -0.2) is 21.5 Å². The van der Waals surface area contributed by atoms with Crippen LogP contribution in [0.25, 0.3) is 10.8 Å². The van der Waals surface area contributed by atoms with Crippen LogP contribution in [0.1, 0.15) is 37.1 Å². The summed E-state index contributed by atoms with van der Waals surface area (Å²) in [7, 11) is 0. The first-order valence-corrected chi connectivity index (χ1v) is 7.68. The first kappa shape index (κ1) is 13.0. The van der Waals surface area contributed by atoms with Gasteiger partial charge in [0.2, 0.25) is 0 Å². The van der Waals surface area contributed by atoms with Crippen molar-refractivity contribution in [2.24, 2.45) is 0 Å². The summed E-state index contributed by atoms with van der Waals surface area (Å²) in [5, 5.41) is 4.28. The number of nitrogens with one attached hydrogen (secondary N) is 1. The van der Waals surface area contributed by atoms with Crippen molar-refractivity contribution in [1.82, 2.24) is 20.3 Å². The van der Waals surface area contributed by atoms with Gasteiger partial charge >= 0.3 is 0 Å². The first-order valence-electron chi connectivity index (χ1n) is 6.49. The average Bonchev–Trinajstić information content (AvgIpc) is 2.86. The summed E-state index contributed by atoms with van der Waals surface area (Å²) in [6.07, 6.45) is 6.93. The van der Waals surface area contributed by atoms with Crippen LogP contribution < -0.4 is 5.32 Å². The summed E-state index contributed by atoms with van der Waals surface area (Å²) in [4.78, 5) is 13.4. The van der Waals surface area contributed by atoms with E-state index in [4.69, 9.17) is 11.6 Å². The Morgan fingerprint density at radius 3 is 3.05 bits per heavy atom. The SMILES string of the molecule is CCNC1CCCc2nc(-c3ncc(Cl)s3)ncc21. The highest BCUT2D eigenvalue weighted by Gasteiger charge is 2.22. The molecule has 0 bridgehead atoms. The molecule has 2 aromatic rings. The fourth-order valence-corrected chi connectivity index (χ4v) is 3.32. The van der Waals surface area contributed by atoms with E-state index in [2.05, 4.69) is 27.2 Å². The van der Waals surface area contributed by atoms with Crippen molar-refractivity contribution in [3.63, 3.8) is 0 Å². The molecule has 0 saturated carbocycles. The number of hydrogen-bond acceptors (Lipinski definition) is 5. The number of aromatic nitrogens is 3. The van der Waals surface area contributed by atoms with E-state index < -0.39 is 0 Å². The van der Waals surface area contributed by atoms with Gasteiger partial charge < -0.3 is 5.32 Å². The summed E-state index contributed by atoms with van der Waals surface area (Å²) >= 11 is 7.32. The second-order valence-electron chi connectivity index (χ2n) is 4.57. The molecule has 6 heteroatoms. The van der Waals surface area contributed by atoms with E-state index >= 15 is 0 Å². The number of fused-ring (bicyclic) bond motifs is 1. The number of hydrogen-bond donors (Lipinski definition) is 1. The van der Waals surface area contributed by atoms with Gasteiger partial charge in [0.05, 0.1) is 6.20 Å². The molecule has 0 spiro atoms. The highest BCUT2D eigenvalue weighted by Crippen LogP contribution is 2.31. The molecule has 0 radical (unpaired) electrons. The predicted molar refractivity (Wildman–Crippen MR) is 77.5 cm³/mol. The maximum atomic E-state index is 5.91. The number of halogens is 1. The summed E-state index contributed by atoms with van der Waals surface area (Å²) < 4.78 is 0.668. The van der Waals surface area contributed by atoms with Crippen LogP contribution in [-0.2, 0) is 6.42 Å². The van der Waals surface area contributed by atoms with Gasteiger partial charge in [-0.3, -0.25) is 0 Å². The third-order valence-electron chi connectivity index (χ3n) is 3.30. The number of nitrogens with zero attached hydrogens (tertiary/aromatic N) is 3. The van der Waals surface area contributed by atoms with E-state index in [9.17, 15) is 0 Å². The summed E-state index contributed by atoms with van der Waals surface area (Å²) in [5.41, 5.74) is 2.38. The van der Waals surface area contributed by atoms with E-state index in [0.29, 0.717) is 16.2 Å². The van der Waals surface area contributed by atoms with Crippen molar-refractivity contribution in [1.29, 1.82) is 0 Å². The fourth-order valence-electron chi connectivity index (χ4n) is 2.47. The Kier molecular flexibility index (Phi) is 3.77. The van der Waals surface area contributed by atoms with Crippen molar-refractivity contribution in [3.8, 4) is 10.8 Å². The molecular weight excluding hydrogens is 280 g/mol. The first-order chi connectivity index (χ1) is 9.28. The van der Waals surface area contributed by atoms with Crippen LogP contribution in [0.3, 0.4) is 0 Å². The second kappa shape index (κ2) is 5.53. The van der Waals surface area contributed by atoms with E-state index in [-0.39, 0.29) is 0 Å². The van der Waals surface area contributed by atoms with Crippen LogP contribution in [0, 0.1) is 0 Å². The molecule has 2 aromatic heterocycles. The zero-order valence-corrected chi connectivity index (χ0v) is 12.3. The Morgan fingerprint density at radius 2 is 2.32 bits per heavy atom. The highest BCUT2D eigenvalue weighted by atomic mass is 35.5. The predicted octanol–water partition coefficient (Wildman–Crippen LogP) is 3.24. The van der Waals surface area contributed by atoms with Gasteiger partial charge in [-0.2, -0.15) is 0 Å². The monoisotopic (exact) mass is 294 g/mol. The Bertz CT molecular complexity index is 584. The molecule has 1 aliphatic rings. The van der Waals surface area contributed by atoms with Gasteiger partial charge in [-0.25, -0.2) is 15.0 Å². The lowest BCUT2D eigenvalue weighted by molar-refractivity contribution is 0.464. The molecule has 0 amide bonds. The van der Waals surface area contributed by atoms with Crippen molar-refractivity contribution >= 4 is 22.9 Å². The molecule has 1 aliphatic carbocycles. The van der Waals surface area contributed by atoms with Gasteiger partial charge in [0, 0.05) is 23.5 Å². The standard InChI is InChI=1S/C13H15ClN4S/c1-2-15-9-4-3-5-10-8(9)6-16-12(18-10)13-17-7-11(14)19-13/h6-7,9,15H,2-5H2,1H3. The normalized spacial score (nSPS) is 18.3. The zero-order valence-electron chi connectivity index (χ0n) is 10.7. The van der Waals surface area contributed by atoms with E-state index in [1.165, 1.54) is 23.3 Å². The van der Waals surface area contributed by atoms with Crippen molar-refractivity contribution in [3.05, 3.63) is 28.0 Å². The molecule has 1 N–H and O–H groups in total. The van der Waals surface area contributed by atoms with Gasteiger partial charge in [0.1, 0.15) is 4.34 Å². The maximum Gasteiger partial charge on any atom is 0.188 e. The molecule has 0 saturated heterocycles. The molecular formula is C13H15ClN4S. The molecule has 0 fully saturated rings. The van der Waals surface area contributed by atoms with Gasteiger partial charge in [-0.15, -0.1) is 0 Å². The second-order valence-corrected chi connectivity index (χ2v) is 6.23. The average molecular weight is 295 g/mol. The lowest BCUT2D eigenvalue weighted by Crippen LogP contribution is -2.25. The van der Waals surface area contributed by atoms with Gasteiger partial charge in [0.15, 0.2) is 10.8 Å². The maximum absolute atomic E-state index is 5.91. The molecule has 19 heavy (non-hydrogen) atoms. The van der Waals surface area contributed by atoms with Crippen molar-refractivity contribution < 1.29 is 0 Å². The van der Waals surface area contributed by atoms with Gasteiger partial charge in [0.25, 0.3) is 0 Å². The summed E-state index contributed by atoms with van der Waals surface area (Å²) in [6, 6.07) is 0.391. The smallest absolute Gasteiger partial charge is 0.188 e. The van der Waals surface area contributed by atoms with E-state index in [1.54, 1.807) is 6.20 Å². The van der Waals surface area contributed by atoms with E-state index in [1.807, 2.05) is 6.20 Å². The van der Waals surface area contributed by atoms with E-state index in [0.717, 1.165) is 30.1 Å². The fraction of sp³-hybridized carbons (Fsp3) is 0.462. The van der Waals surface area contributed by atoms with Crippen LogP contribution in [0.5, 0.6) is 0 Å². The van der Waals surface area contributed by atoms with Gasteiger partial charge in [-0.1, -0.05) is 29.9 Å². The molecule has 1 unspecified atom stereocenters. The van der Waals surface area contributed by atoms with Crippen LogP contribution in [0.2, 0.25) is 4.34 Å². The zero-order chi connectivity index (χ0) is 13.2. The minimum Gasteiger partial charge on any atom is -0.310 e. The third-order valence-corrected chi connectivity index (χ3v) is 4.41. The molecule has 2 heterocycles. The molecule has 1 atom stereocenters. The summed E-state index contributed by atoms with van der Waals surface area (Å²) in [5.74, 6) is 0.688. The molecule has 0 aliphatic heterocycles. The number of thiazole rings is 1. The minimum atomic E-state index is 0.391. The lowest BCUT2D eigenvalue weighted by atomic mass is 9.92. The minimum absolute atomic E-state index is 0.391. The van der Waals surface area contributed by atoms with Crippen LogP contribution in [0.15, 0.2) is 12.4 Å².